The van der Waals surface area contributed by atoms with Crippen molar-refractivity contribution in [1.82, 2.24) is 10.3 Å². The van der Waals surface area contributed by atoms with Crippen molar-refractivity contribution in [2.75, 3.05) is 0 Å². The summed E-state index contributed by atoms with van der Waals surface area (Å²) in [6, 6.07) is 4.59. The van der Waals surface area contributed by atoms with Gasteiger partial charge in [0, 0.05) is 25.0 Å². The smallest absolute Gasteiger partial charge is 0.0271 e. The van der Waals surface area contributed by atoms with Crippen LogP contribution < -0.4 is 5.32 Å². The molecule has 0 aliphatic heterocycles. The summed E-state index contributed by atoms with van der Waals surface area (Å²) in [6.45, 7) is 5.21. The van der Waals surface area contributed by atoms with Crippen molar-refractivity contribution < 1.29 is 0 Å². The molecule has 0 saturated heterocycles. The van der Waals surface area contributed by atoms with Crippen LogP contribution in [0.5, 0.6) is 0 Å². The van der Waals surface area contributed by atoms with Crippen LogP contribution >= 0.6 is 0 Å². The molecule has 0 spiro atoms. The molecule has 0 radical (unpaired) electrons. The van der Waals surface area contributed by atoms with Gasteiger partial charge < -0.3 is 5.32 Å². The molecule has 11 heavy (non-hydrogen) atoms. The van der Waals surface area contributed by atoms with Crippen LogP contribution in [0, 0.1) is 0 Å². The van der Waals surface area contributed by atoms with Crippen molar-refractivity contribution in [3.05, 3.63) is 30.1 Å². The second-order valence-corrected chi connectivity index (χ2v) is 2.89. The van der Waals surface area contributed by atoms with E-state index in [1.54, 1.807) is 0 Å². The number of nitrogens with zero attached hydrogens (tertiary/aromatic N) is 1. The lowest BCUT2D eigenvalue weighted by atomic mass is 10.2. The van der Waals surface area contributed by atoms with Gasteiger partial charge in [-0.3, -0.25) is 4.98 Å². The maximum atomic E-state index is 3.94. The molecular formula is C9H14N2. The predicted octanol–water partition coefficient (Wildman–Crippen LogP) is 1.58. The Balaban J connectivity index is 2.39. The van der Waals surface area contributed by atoms with Gasteiger partial charge in [-0.15, -0.1) is 0 Å². The summed E-state index contributed by atoms with van der Waals surface area (Å²) in [5.41, 5.74) is 1.29. The van der Waals surface area contributed by atoms with Gasteiger partial charge >= 0.3 is 0 Å². The Labute approximate surface area is 67.7 Å². The molecule has 0 aromatic carbocycles. The van der Waals surface area contributed by atoms with Gasteiger partial charge in [0.05, 0.1) is 0 Å². The summed E-state index contributed by atoms with van der Waals surface area (Å²) < 4.78 is 0. The molecule has 1 aromatic heterocycles. The Morgan fingerprint density at radius 1 is 1.36 bits per heavy atom. The van der Waals surface area contributed by atoms with E-state index in [-0.39, 0.29) is 0 Å². The first kappa shape index (κ1) is 8.21. The molecule has 1 N–H and O–H groups in total. The maximum absolute atomic E-state index is 3.94. The third-order valence-electron chi connectivity index (χ3n) is 1.46. The van der Waals surface area contributed by atoms with Crippen LogP contribution in [-0.2, 0) is 6.54 Å². The molecule has 2 heteroatoms. The van der Waals surface area contributed by atoms with Crippen LogP contribution in [0.1, 0.15) is 19.4 Å². The van der Waals surface area contributed by atoms with Crippen LogP contribution in [0.4, 0.5) is 0 Å². The minimum absolute atomic E-state index is 0.545. The molecule has 1 rings (SSSR count). The van der Waals surface area contributed by atoms with Gasteiger partial charge in [-0.1, -0.05) is 13.8 Å². The van der Waals surface area contributed by atoms with Gasteiger partial charge in [-0.25, -0.2) is 0 Å². The van der Waals surface area contributed by atoms with Crippen molar-refractivity contribution in [2.45, 2.75) is 26.4 Å². The number of nitrogens with one attached hydrogen (secondary N) is 1. The van der Waals surface area contributed by atoms with Crippen LogP contribution in [0.3, 0.4) is 0 Å². The molecule has 0 amide bonds. The Morgan fingerprint density at radius 3 is 2.55 bits per heavy atom. The lowest BCUT2D eigenvalue weighted by Crippen LogP contribution is -2.21. The van der Waals surface area contributed by atoms with Crippen molar-refractivity contribution >= 4 is 0 Å². The second kappa shape index (κ2) is 4.09. The molecule has 0 bridgehead atoms. The highest BCUT2D eigenvalue weighted by Gasteiger charge is 1.92. The fourth-order valence-electron chi connectivity index (χ4n) is 0.823. The highest BCUT2D eigenvalue weighted by molar-refractivity contribution is 5.08. The van der Waals surface area contributed by atoms with E-state index >= 15 is 0 Å². The van der Waals surface area contributed by atoms with Crippen LogP contribution in [0.2, 0.25) is 0 Å². The summed E-state index contributed by atoms with van der Waals surface area (Å²) in [4.78, 5) is 3.94. The third kappa shape index (κ3) is 3.14. The van der Waals surface area contributed by atoms with Crippen LogP contribution in [0.15, 0.2) is 24.5 Å². The normalized spacial score (nSPS) is 10.5. The fourth-order valence-corrected chi connectivity index (χ4v) is 0.823. The molecule has 1 aromatic rings. The number of hydrogen-bond donors (Lipinski definition) is 1. The highest BCUT2D eigenvalue weighted by Crippen LogP contribution is 1.95. The summed E-state index contributed by atoms with van der Waals surface area (Å²) in [5.74, 6) is 0. The molecule has 0 unspecified atom stereocenters. The molecule has 0 atom stereocenters. The number of pyridine rings is 1. The van der Waals surface area contributed by atoms with Gasteiger partial charge in [0.1, 0.15) is 0 Å². The maximum Gasteiger partial charge on any atom is 0.0271 e. The molecule has 0 fully saturated rings. The first-order valence-electron chi connectivity index (χ1n) is 3.91. The van der Waals surface area contributed by atoms with E-state index in [1.807, 2.05) is 24.5 Å². The summed E-state index contributed by atoms with van der Waals surface area (Å²) in [7, 11) is 0. The Morgan fingerprint density at radius 2 is 2.00 bits per heavy atom. The lowest BCUT2D eigenvalue weighted by molar-refractivity contribution is 0.588. The monoisotopic (exact) mass is 150 g/mol. The van der Waals surface area contributed by atoms with Crippen molar-refractivity contribution in [3.8, 4) is 0 Å². The Kier molecular flexibility index (Phi) is 3.05. The van der Waals surface area contributed by atoms with E-state index in [4.69, 9.17) is 0 Å². The summed E-state index contributed by atoms with van der Waals surface area (Å²) in [6.07, 6.45) is 3.63. The Bertz CT molecular complexity index is 194. The van der Waals surface area contributed by atoms with Crippen LogP contribution in [-0.4, -0.2) is 11.0 Å². The van der Waals surface area contributed by atoms with Gasteiger partial charge in [-0.05, 0) is 17.7 Å². The first-order chi connectivity index (χ1) is 5.29. The molecule has 0 saturated carbocycles. The average molecular weight is 150 g/mol. The zero-order valence-corrected chi connectivity index (χ0v) is 7.04. The van der Waals surface area contributed by atoms with Crippen molar-refractivity contribution in [3.63, 3.8) is 0 Å². The minimum atomic E-state index is 0.545. The SMILES string of the molecule is CC(C)NCc1ccncc1. The fraction of sp³-hybridized carbons (Fsp3) is 0.444. The second-order valence-electron chi connectivity index (χ2n) is 2.89. The van der Waals surface area contributed by atoms with Crippen molar-refractivity contribution in [2.24, 2.45) is 0 Å². The Hall–Kier alpha value is -0.890. The number of aromatic nitrogens is 1. The van der Waals surface area contributed by atoms with Gasteiger partial charge in [-0.2, -0.15) is 0 Å². The van der Waals surface area contributed by atoms with E-state index in [1.165, 1.54) is 5.56 Å². The van der Waals surface area contributed by atoms with E-state index in [0.717, 1.165) is 6.54 Å². The van der Waals surface area contributed by atoms with Crippen molar-refractivity contribution in [1.29, 1.82) is 0 Å². The zero-order valence-electron chi connectivity index (χ0n) is 7.04. The largest absolute Gasteiger partial charge is 0.310 e. The van der Waals surface area contributed by atoms with Gasteiger partial charge in [0.15, 0.2) is 0 Å². The summed E-state index contributed by atoms with van der Waals surface area (Å²) in [5, 5.41) is 3.33. The van der Waals surface area contributed by atoms with Gasteiger partial charge in [0.2, 0.25) is 0 Å². The highest BCUT2D eigenvalue weighted by atomic mass is 14.9. The van der Waals surface area contributed by atoms with Crippen LogP contribution in [0.25, 0.3) is 0 Å². The zero-order chi connectivity index (χ0) is 8.10. The third-order valence-corrected chi connectivity index (χ3v) is 1.46. The molecule has 0 aliphatic rings. The molecule has 1 heterocycles. The predicted molar refractivity (Wildman–Crippen MR) is 46.2 cm³/mol. The summed E-state index contributed by atoms with van der Waals surface area (Å²) >= 11 is 0. The van der Waals surface area contributed by atoms with E-state index < -0.39 is 0 Å². The van der Waals surface area contributed by atoms with E-state index in [2.05, 4.69) is 24.1 Å². The minimum Gasteiger partial charge on any atom is -0.310 e. The number of hydrogen-bond acceptors (Lipinski definition) is 2. The molecule has 2 nitrogen and oxygen atoms in total. The topological polar surface area (TPSA) is 24.9 Å². The quantitative estimate of drug-likeness (QED) is 0.707. The molecule has 0 aliphatic carbocycles. The number of rotatable bonds is 3. The van der Waals surface area contributed by atoms with E-state index in [0.29, 0.717) is 6.04 Å². The average Bonchev–Trinajstić information content (AvgIpc) is 2.03. The first-order valence-corrected chi connectivity index (χ1v) is 3.91. The molecular weight excluding hydrogens is 136 g/mol. The van der Waals surface area contributed by atoms with Gasteiger partial charge in [0.25, 0.3) is 0 Å². The lowest BCUT2D eigenvalue weighted by Gasteiger charge is -2.06. The molecule has 60 valence electrons. The standard InChI is InChI=1S/C9H14N2/c1-8(2)11-7-9-3-5-10-6-4-9/h3-6,8,11H,7H2,1-2H3. The van der Waals surface area contributed by atoms with E-state index in [9.17, 15) is 0 Å².